The second-order valence-corrected chi connectivity index (χ2v) is 3.32. The van der Waals surface area contributed by atoms with E-state index >= 15 is 0 Å². The molecule has 0 amide bonds. The quantitative estimate of drug-likeness (QED) is 0.730. The van der Waals surface area contributed by atoms with Gasteiger partial charge in [-0.1, -0.05) is 0 Å². The molecule has 0 saturated heterocycles. The summed E-state index contributed by atoms with van der Waals surface area (Å²) in [6.07, 6.45) is 2.44. The molecule has 2 atom stereocenters. The van der Waals surface area contributed by atoms with Crippen LogP contribution in [0, 0.1) is 0 Å². The van der Waals surface area contributed by atoms with Crippen molar-refractivity contribution in [2.75, 3.05) is 6.61 Å². The molecular formula is C10H17NO2. The highest BCUT2D eigenvalue weighted by Gasteiger charge is 2.10. The normalized spacial score (nSPS) is 15.6. The van der Waals surface area contributed by atoms with Gasteiger partial charge in [0.25, 0.3) is 0 Å². The van der Waals surface area contributed by atoms with Crippen LogP contribution in [0.5, 0.6) is 0 Å². The molecular weight excluding hydrogens is 166 g/mol. The molecule has 3 heteroatoms. The molecule has 0 aliphatic rings. The lowest BCUT2D eigenvalue weighted by Gasteiger charge is -2.17. The maximum atomic E-state index is 8.72. The highest BCUT2D eigenvalue weighted by Crippen LogP contribution is 2.13. The summed E-state index contributed by atoms with van der Waals surface area (Å²) in [6, 6.07) is 4.34. The van der Waals surface area contributed by atoms with Crippen molar-refractivity contribution in [2.45, 2.75) is 32.4 Å². The molecule has 0 bridgehead atoms. The molecule has 1 heterocycles. The van der Waals surface area contributed by atoms with Gasteiger partial charge in [0.2, 0.25) is 0 Å². The van der Waals surface area contributed by atoms with Gasteiger partial charge in [0, 0.05) is 12.6 Å². The lowest BCUT2D eigenvalue weighted by molar-refractivity contribution is 0.261. The predicted molar refractivity (Wildman–Crippen MR) is 51.4 cm³/mol. The largest absolute Gasteiger partial charge is 0.468 e. The first-order chi connectivity index (χ1) is 6.24. The zero-order chi connectivity index (χ0) is 9.68. The van der Waals surface area contributed by atoms with Gasteiger partial charge >= 0.3 is 0 Å². The maximum Gasteiger partial charge on any atom is 0.120 e. The molecule has 1 rings (SSSR count). The van der Waals surface area contributed by atoms with Gasteiger partial charge in [-0.2, -0.15) is 0 Å². The molecule has 3 nitrogen and oxygen atoms in total. The minimum atomic E-state index is 0.205. The van der Waals surface area contributed by atoms with E-state index < -0.39 is 0 Å². The number of rotatable bonds is 5. The number of nitrogens with one attached hydrogen (secondary N) is 1. The fourth-order valence-electron chi connectivity index (χ4n) is 1.32. The highest BCUT2D eigenvalue weighted by molar-refractivity contribution is 5.03. The van der Waals surface area contributed by atoms with Crippen LogP contribution in [0.1, 0.15) is 32.1 Å². The van der Waals surface area contributed by atoms with Gasteiger partial charge in [-0.05, 0) is 32.4 Å². The van der Waals surface area contributed by atoms with Crippen molar-refractivity contribution in [3.05, 3.63) is 24.2 Å². The van der Waals surface area contributed by atoms with Gasteiger partial charge in [-0.3, -0.25) is 0 Å². The molecule has 1 aromatic heterocycles. The fraction of sp³-hybridized carbons (Fsp3) is 0.600. The average molecular weight is 183 g/mol. The van der Waals surface area contributed by atoms with E-state index in [2.05, 4.69) is 12.2 Å². The third-order valence-electron chi connectivity index (χ3n) is 2.07. The van der Waals surface area contributed by atoms with Gasteiger partial charge in [0.1, 0.15) is 5.76 Å². The molecule has 0 fully saturated rings. The predicted octanol–water partition coefficient (Wildman–Crippen LogP) is 1.70. The van der Waals surface area contributed by atoms with Crippen molar-refractivity contribution >= 4 is 0 Å². The number of furan rings is 1. The monoisotopic (exact) mass is 183 g/mol. The van der Waals surface area contributed by atoms with E-state index in [0.29, 0.717) is 6.04 Å². The zero-order valence-corrected chi connectivity index (χ0v) is 8.16. The number of aliphatic hydroxyl groups excluding tert-OH is 1. The SMILES string of the molecule is CC(N[C@H](C)CCO)c1ccco1. The number of hydrogen-bond acceptors (Lipinski definition) is 3. The van der Waals surface area contributed by atoms with E-state index in [9.17, 15) is 0 Å². The maximum absolute atomic E-state index is 8.72. The van der Waals surface area contributed by atoms with Crippen LogP contribution in [0.25, 0.3) is 0 Å². The second kappa shape index (κ2) is 5.04. The third kappa shape index (κ3) is 3.20. The van der Waals surface area contributed by atoms with Crippen molar-refractivity contribution in [1.82, 2.24) is 5.32 Å². The third-order valence-corrected chi connectivity index (χ3v) is 2.07. The Morgan fingerprint density at radius 1 is 1.54 bits per heavy atom. The molecule has 13 heavy (non-hydrogen) atoms. The molecule has 2 N–H and O–H groups in total. The minimum Gasteiger partial charge on any atom is -0.468 e. The Labute approximate surface area is 78.8 Å². The van der Waals surface area contributed by atoms with E-state index in [1.165, 1.54) is 0 Å². The van der Waals surface area contributed by atoms with Crippen molar-refractivity contribution < 1.29 is 9.52 Å². The molecule has 0 aliphatic heterocycles. The first-order valence-corrected chi connectivity index (χ1v) is 4.64. The van der Waals surface area contributed by atoms with E-state index in [-0.39, 0.29) is 12.6 Å². The first-order valence-electron chi connectivity index (χ1n) is 4.64. The molecule has 0 aromatic carbocycles. The summed E-state index contributed by atoms with van der Waals surface area (Å²) in [5, 5.41) is 12.0. The van der Waals surface area contributed by atoms with Gasteiger partial charge < -0.3 is 14.8 Å². The first kappa shape index (κ1) is 10.3. The number of hydrogen-bond donors (Lipinski definition) is 2. The highest BCUT2D eigenvalue weighted by atomic mass is 16.3. The van der Waals surface area contributed by atoms with E-state index in [1.54, 1.807) is 6.26 Å². The Kier molecular flexibility index (Phi) is 3.99. The summed E-state index contributed by atoms with van der Waals surface area (Å²) in [4.78, 5) is 0. The van der Waals surface area contributed by atoms with Crippen LogP contribution in [0.4, 0.5) is 0 Å². The summed E-state index contributed by atoms with van der Waals surface area (Å²) >= 11 is 0. The summed E-state index contributed by atoms with van der Waals surface area (Å²) in [5.41, 5.74) is 0. The van der Waals surface area contributed by atoms with Gasteiger partial charge in [-0.15, -0.1) is 0 Å². The molecule has 0 spiro atoms. The fourth-order valence-corrected chi connectivity index (χ4v) is 1.32. The number of aliphatic hydroxyl groups is 1. The van der Waals surface area contributed by atoms with Gasteiger partial charge in [0.05, 0.1) is 12.3 Å². The Morgan fingerprint density at radius 3 is 2.85 bits per heavy atom. The van der Waals surface area contributed by atoms with Crippen molar-refractivity contribution in [2.24, 2.45) is 0 Å². The Hall–Kier alpha value is -0.800. The Bertz CT molecular complexity index is 221. The summed E-state index contributed by atoms with van der Waals surface area (Å²) in [5.74, 6) is 0.935. The average Bonchev–Trinajstić information content (AvgIpc) is 2.55. The van der Waals surface area contributed by atoms with Crippen molar-refractivity contribution in [1.29, 1.82) is 0 Å². The van der Waals surface area contributed by atoms with Crippen LogP contribution in [0.3, 0.4) is 0 Å². The minimum absolute atomic E-state index is 0.205. The van der Waals surface area contributed by atoms with Gasteiger partial charge in [0.15, 0.2) is 0 Å². The van der Waals surface area contributed by atoms with Crippen LogP contribution >= 0.6 is 0 Å². The molecule has 0 saturated carbocycles. The van der Waals surface area contributed by atoms with E-state index in [1.807, 2.05) is 19.1 Å². The van der Waals surface area contributed by atoms with Crippen LogP contribution in [-0.4, -0.2) is 17.8 Å². The zero-order valence-electron chi connectivity index (χ0n) is 8.16. The second-order valence-electron chi connectivity index (χ2n) is 3.32. The van der Waals surface area contributed by atoms with Gasteiger partial charge in [-0.25, -0.2) is 0 Å². The molecule has 1 aromatic rings. The van der Waals surface area contributed by atoms with Crippen LogP contribution in [0.2, 0.25) is 0 Å². The summed E-state index contributed by atoms with van der Waals surface area (Å²) in [7, 11) is 0. The standard InChI is InChI=1S/C10H17NO2/c1-8(5-6-12)11-9(2)10-4-3-7-13-10/h3-4,7-9,11-12H,5-6H2,1-2H3/t8-,9?/m1/s1. The van der Waals surface area contributed by atoms with Crippen LogP contribution < -0.4 is 5.32 Å². The molecule has 1 unspecified atom stereocenters. The van der Waals surface area contributed by atoms with Crippen molar-refractivity contribution in [3.8, 4) is 0 Å². The molecule has 0 radical (unpaired) electrons. The lowest BCUT2D eigenvalue weighted by Crippen LogP contribution is -2.29. The summed E-state index contributed by atoms with van der Waals surface area (Å²) < 4.78 is 5.25. The molecule has 0 aliphatic carbocycles. The smallest absolute Gasteiger partial charge is 0.120 e. The van der Waals surface area contributed by atoms with Crippen molar-refractivity contribution in [3.63, 3.8) is 0 Å². The van der Waals surface area contributed by atoms with Crippen LogP contribution in [0.15, 0.2) is 22.8 Å². The topological polar surface area (TPSA) is 45.4 Å². The lowest BCUT2D eigenvalue weighted by atomic mass is 10.2. The molecule has 74 valence electrons. The Balaban J connectivity index is 2.37. The Morgan fingerprint density at radius 2 is 2.31 bits per heavy atom. The van der Waals surface area contributed by atoms with E-state index in [0.717, 1.165) is 12.2 Å². The summed E-state index contributed by atoms with van der Waals surface area (Å²) in [6.45, 7) is 4.32. The van der Waals surface area contributed by atoms with E-state index in [4.69, 9.17) is 9.52 Å². The van der Waals surface area contributed by atoms with Crippen LogP contribution in [-0.2, 0) is 0 Å².